The zero-order valence-electron chi connectivity index (χ0n) is 11.7. The normalized spacial score (nSPS) is 25.1. The zero-order chi connectivity index (χ0) is 15.2. The predicted molar refractivity (Wildman–Crippen MR) is 71.9 cm³/mol. The first-order valence-corrected chi connectivity index (χ1v) is 6.76. The summed E-state index contributed by atoms with van der Waals surface area (Å²) in [6.45, 7) is 1.42. The number of hydrogen-bond acceptors (Lipinski definition) is 6. The van der Waals surface area contributed by atoms with Gasteiger partial charge in [-0.2, -0.15) is 0 Å². The maximum Gasteiger partial charge on any atom is 0.335 e. The summed E-state index contributed by atoms with van der Waals surface area (Å²) in [4.78, 5) is 22.9. The average Bonchev–Trinajstić information content (AvgIpc) is 2.44. The van der Waals surface area contributed by atoms with E-state index in [2.05, 4.69) is 0 Å². The van der Waals surface area contributed by atoms with E-state index in [4.69, 9.17) is 14.2 Å². The van der Waals surface area contributed by atoms with Crippen LogP contribution in [-0.2, 0) is 30.4 Å². The summed E-state index contributed by atoms with van der Waals surface area (Å²) in [7, 11) is 0. The standard InChI is InChI=1S/C15H18O6/c1-10(16)20-12-7-13(21-14(17)8-12)15(18)19-9-11-5-3-2-4-6-11/h2-6,12-14,17H,7-9H2,1H3/t12-,13-,14?/m0/s1. The molecule has 1 aliphatic heterocycles. The molecule has 0 radical (unpaired) electrons. The lowest BCUT2D eigenvalue weighted by Gasteiger charge is -2.31. The van der Waals surface area contributed by atoms with Crippen molar-refractivity contribution >= 4 is 11.9 Å². The summed E-state index contributed by atoms with van der Waals surface area (Å²) in [6, 6.07) is 9.24. The Bertz CT molecular complexity index is 486. The van der Waals surface area contributed by atoms with Crippen LogP contribution in [-0.4, -0.2) is 35.5 Å². The Hall–Kier alpha value is -1.92. The van der Waals surface area contributed by atoms with Crippen molar-refractivity contribution in [2.75, 3.05) is 0 Å². The smallest absolute Gasteiger partial charge is 0.335 e. The van der Waals surface area contributed by atoms with Gasteiger partial charge in [-0.25, -0.2) is 4.79 Å². The number of hydrogen-bond donors (Lipinski definition) is 1. The third-order valence-corrected chi connectivity index (χ3v) is 3.08. The molecule has 0 saturated carbocycles. The first-order valence-electron chi connectivity index (χ1n) is 6.76. The molecule has 0 spiro atoms. The van der Waals surface area contributed by atoms with Gasteiger partial charge in [0.2, 0.25) is 0 Å². The van der Waals surface area contributed by atoms with Crippen molar-refractivity contribution in [1.29, 1.82) is 0 Å². The van der Waals surface area contributed by atoms with Crippen molar-refractivity contribution in [3.05, 3.63) is 35.9 Å². The third kappa shape index (κ3) is 4.84. The monoisotopic (exact) mass is 294 g/mol. The lowest BCUT2D eigenvalue weighted by molar-refractivity contribution is -0.213. The molecule has 1 saturated heterocycles. The van der Waals surface area contributed by atoms with E-state index in [0.29, 0.717) is 0 Å². The zero-order valence-corrected chi connectivity index (χ0v) is 11.7. The molecule has 0 aromatic heterocycles. The lowest BCUT2D eigenvalue weighted by atomic mass is 10.0. The van der Waals surface area contributed by atoms with Crippen LogP contribution in [0.15, 0.2) is 30.3 Å². The van der Waals surface area contributed by atoms with Gasteiger partial charge in [-0.05, 0) is 5.56 Å². The number of rotatable bonds is 4. The van der Waals surface area contributed by atoms with Crippen LogP contribution in [0.4, 0.5) is 0 Å². The molecule has 1 N–H and O–H groups in total. The van der Waals surface area contributed by atoms with E-state index in [1.807, 2.05) is 30.3 Å². The van der Waals surface area contributed by atoms with Crippen LogP contribution in [0.5, 0.6) is 0 Å². The van der Waals surface area contributed by atoms with Gasteiger partial charge in [0.15, 0.2) is 12.4 Å². The Kier molecular flexibility index (Phi) is 5.30. The fourth-order valence-electron chi connectivity index (χ4n) is 2.16. The highest BCUT2D eigenvalue weighted by atomic mass is 16.6. The van der Waals surface area contributed by atoms with E-state index in [1.54, 1.807) is 0 Å². The van der Waals surface area contributed by atoms with Crippen molar-refractivity contribution in [1.82, 2.24) is 0 Å². The number of carbonyl (C=O) groups is 2. The van der Waals surface area contributed by atoms with Gasteiger partial charge in [-0.3, -0.25) is 4.79 Å². The summed E-state index contributed by atoms with van der Waals surface area (Å²) in [5, 5.41) is 9.58. The van der Waals surface area contributed by atoms with Gasteiger partial charge in [0.05, 0.1) is 0 Å². The molecule has 6 heteroatoms. The molecular formula is C15H18O6. The van der Waals surface area contributed by atoms with Gasteiger partial charge in [0, 0.05) is 19.8 Å². The molecule has 1 heterocycles. The molecular weight excluding hydrogens is 276 g/mol. The van der Waals surface area contributed by atoms with E-state index >= 15 is 0 Å². The fraction of sp³-hybridized carbons (Fsp3) is 0.467. The number of esters is 2. The Balaban J connectivity index is 1.87. The van der Waals surface area contributed by atoms with Crippen LogP contribution in [0.2, 0.25) is 0 Å². The molecule has 114 valence electrons. The summed E-state index contributed by atoms with van der Waals surface area (Å²) in [5.41, 5.74) is 0.860. The van der Waals surface area contributed by atoms with Crippen molar-refractivity contribution < 1.29 is 28.9 Å². The maximum absolute atomic E-state index is 11.9. The van der Waals surface area contributed by atoms with Crippen LogP contribution in [0.1, 0.15) is 25.3 Å². The molecule has 2 rings (SSSR count). The summed E-state index contributed by atoms with van der Waals surface area (Å²) in [5.74, 6) is -1.03. The van der Waals surface area contributed by atoms with Crippen molar-refractivity contribution in [2.24, 2.45) is 0 Å². The lowest BCUT2D eigenvalue weighted by Crippen LogP contribution is -2.42. The summed E-state index contributed by atoms with van der Waals surface area (Å²) in [6.07, 6.45) is -2.27. The molecule has 1 unspecified atom stereocenters. The van der Waals surface area contributed by atoms with Crippen LogP contribution in [0, 0.1) is 0 Å². The number of ether oxygens (including phenoxy) is 3. The third-order valence-electron chi connectivity index (χ3n) is 3.08. The Morgan fingerprint density at radius 2 is 2.00 bits per heavy atom. The highest BCUT2D eigenvalue weighted by Crippen LogP contribution is 2.22. The quantitative estimate of drug-likeness (QED) is 0.839. The van der Waals surface area contributed by atoms with Crippen LogP contribution < -0.4 is 0 Å². The Morgan fingerprint density at radius 3 is 2.67 bits per heavy atom. The first kappa shape index (κ1) is 15.5. The van der Waals surface area contributed by atoms with E-state index in [9.17, 15) is 14.7 Å². The van der Waals surface area contributed by atoms with E-state index in [-0.39, 0.29) is 19.4 Å². The minimum atomic E-state index is -1.14. The maximum atomic E-state index is 11.9. The van der Waals surface area contributed by atoms with Crippen molar-refractivity contribution in [3.8, 4) is 0 Å². The molecule has 21 heavy (non-hydrogen) atoms. The van der Waals surface area contributed by atoms with Gasteiger partial charge in [-0.1, -0.05) is 30.3 Å². The topological polar surface area (TPSA) is 82.1 Å². The molecule has 1 aromatic rings. The number of benzene rings is 1. The second-order valence-corrected chi connectivity index (χ2v) is 4.88. The number of carbonyl (C=O) groups excluding carboxylic acids is 2. The van der Waals surface area contributed by atoms with Gasteiger partial charge >= 0.3 is 11.9 Å². The molecule has 1 fully saturated rings. The summed E-state index contributed by atoms with van der Waals surface area (Å²) >= 11 is 0. The average molecular weight is 294 g/mol. The van der Waals surface area contributed by atoms with E-state index in [0.717, 1.165) is 5.56 Å². The molecule has 3 atom stereocenters. The molecule has 0 amide bonds. The fourth-order valence-corrected chi connectivity index (χ4v) is 2.16. The van der Waals surface area contributed by atoms with Gasteiger partial charge in [-0.15, -0.1) is 0 Å². The number of aliphatic hydroxyl groups excluding tert-OH is 1. The predicted octanol–water partition coefficient (Wildman–Crippen LogP) is 1.16. The minimum absolute atomic E-state index is 0.133. The molecule has 1 aliphatic rings. The highest BCUT2D eigenvalue weighted by Gasteiger charge is 2.35. The Morgan fingerprint density at radius 1 is 1.29 bits per heavy atom. The summed E-state index contributed by atoms with van der Waals surface area (Å²) < 4.78 is 15.3. The van der Waals surface area contributed by atoms with Crippen LogP contribution >= 0.6 is 0 Å². The second kappa shape index (κ2) is 7.19. The largest absolute Gasteiger partial charge is 0.462 e. The number of aliphatic hydroxyl groups is 1. The minimum Gasteiger partial charge on any atom is -0.462 e. The van der Waals surface area contributed by atoms with Gasteiger partial charge < -0.3 is 19.3 Å². The van der Waals surface area contributed by atoms with Crippen LogP contribution in [0.25, 0.3) is 0 Å². The van der Waals surface area contributed by atoms with Gasteiger partial charge in [0.1, 0.15) is 12.7 Å². The SMILES string of the molecule is CC(=O)O[C@@H]1CC(O)O[C@H](C(=O)OCc2ccccc2)C1. The molecule has 6 nitrogen and oxygen atoms in total. The highest BCUT2D eigenvalue weighted by molar-refractivity contribution is 5.75. The van der Waals surface area contributed by atoms with Crippen molar-refractivity contribution in [2.45, 2.75) is 44.9 Å². The second-order valence-electron chi connectivity index (χ2n) is 4.88. The van der Waals surface area contributed by atoms with Crippen molar-refractivity contribution in [3.63, 3.8) is 0 Å². The van der Waals surface area contributed by atoms with Gasteiger partial charge in [0.25, 0.3) is 0 Å². The first-order chi connectivity index (χ1) is 10.0. The molecule has 0 bridgehead atoms. The van der Waals surface area contributed by atoms with Crippen LogP contribution in [0.3, 0.4) is 0 Å². The molecule has 0 aliphatic carbocycles. The van der Waals surface area contributed by atoms with E-state index in [1.165, 1.54) is 6.92 Å². The Labute approximate surface area is 122 Å². The molecule has 1 aromatic carbocycles. The van der Waals surface area contributed by atoms with E-state index < -0.39 is 30.4 Å².